The number of aromatic hydroxyl groups is 1. The summed E-state index contributed by atoms with van der Waals surface area (Å²) in [5.41, 5.74) is 4.76. The number of nitro benzene ring substituents is 1. The van der Waals surface area contributed by atoms with E-state index in [0.29, 0.717) is 6.07 Å². The molecule has 1 atom stereocenters. The Morgan fingerprint density at radius 2 is 2.13 bits per heavy atom. The highest BCUT2D eigenvalue weighted by atomic mass is 35.5. The molecule has 0 amide bonds. The van der Waals surface area contributed by atoms with Gasteiger partial charge in [0.2, 0.25) is 0 Å². The minimum absolute atomic E-state index is 0. The number of phenols is 1. The molecule has 0 aliphatic heterocycles. The summed E-state index contributed by atoms with van der Waals surface area (Å²) in [7, 11) is 0. The standard InChI is InChI=1S/C8H9FN2O3.ClH/c1-4(10)6-2-5(9)3-7(8(6)12)11(13)14;/h2-4,12H,10H2,1H3;1H/t4-;/m0./s1. The number of nitro groups is 1. The molecule has 0 aromatic heterocycles. The number of rotatable bonds is 2. The van der Waals surface area contributed by atoms with E-state index < -0.39 is 28.2 Å². The molecule has 15 heavy (non-hydrogen) atoms. The number of halogens is 2. The van der Waals surface area contributed by atoms with Crippen molar-refractivity contribution >= 4 is 18.1 Å². The third kappa shape index (κ3) is 2.77. The molecule has 1 aromatic carbocycles. The quantitative estimate of drug-likeness (QED) is 0.606. The molecule has 0 saturated carbocycles. The Bertz CT molecular complexity index is 384. The lowest BCUT2D eigenvalue weighted by atomic mass is 10.1. The minimum atomic E-state index is -0.857. The van der Waals surface area contributed by atoms with Gasteiger partial charge < -0.3 is 10.8 Å². The van der Waals surface area contributed by atoms with Crippen LogP contribution in [-0.2, 0) is 0 Å². The van der Waals surface area contributed by atoms with E-state index in [-0.39, 0.29) is 18.0 Å². The first kappa shape index (κ1) is 13.6. The molecule has 7 heteroatoms. The largest absolute Gasteiger partial charge is 0.502 e. The van der Waals surface area contributed by atoms with Gasteiger partial charge in [0, 0.05) is 11.6 Å². The molecule has 0 bridgehead atoms. The van der Waals surface area contributed by atoms with Crippen LogP contribution in [0.2, 0.25) is 0 Å². The van der Waals surface area contributed by atoms with Crippen LogP contribution in [0.5, 0.6) is 5.75 Å². The molecule has 84 valence electrons. The van der Waals surface area contributed by atoms with Crippen LogP contribution in [0.15, 0.2) is 12.1 Å². The fourth-order valence-corrected chi connectivity index (χ4v) is 1.09. The Hall–Kier alpha value is -1.40. The van der Waals surface area contributed by atoms with Crippen LogP contribution in [0.3, 0.4) is 0 Å². The predicted molar refractivity (Wildman–Crippen MR) is 54.6 cm³/mol. The zero-order valence-corrected chi connectivity index (χ0v) is 8.62. The molecule has 0 aliphatic rings. The fraction of sp³-hybridized carbons (Fsp3) is 0.250. The molecule has 0 saturated heterocycles. The Labute approximate surface area is 91.3 Å². The summed E-state index contributed by atoms with van der Waals surface area (Å²) >= 11 is 0. The molecule has 1 aromatic rings. The Kier molecular flexibility index (Phi) is 4.44. The molecule has 3 N–H and O–H groups in total. The molecular formula is C8H10ClFN2O3. The lowest BCUT2D eigenvalue weighted by molar-refractivity contribution is -0.386. The number of hydrogen-bond donors (Lipinski definition) is 2. The molecule has 0 aliphatic carbocycles. The monoisotopic (exact) mass is 236 g/mol. The van der Waals surface area contributed by atoms with Crippen molar-refractivity contribution in [2.75, 3.05) is 0 Å². The van der Waals surface area contributed by atoms with E-state index in [4.69, 9.17) is 5.73 Å². The van der Waals surface area contributed by atoms with Crippen molar-refractivity contribution in [1.29, 1.82) is 0 Å². The second-order valence-electron chi connectivity index (χ2n) is 2.91. The van der Waals surface area contributed by atoms with E-state index in [0.717, 1.165) is 6.07 Å². The molecule has 0 heterocycles. The summed E-state index contributed by atoms with van der Waals surface area (Å²) in [4.78, 5) is 9.53. The van der Waals surface area contributed by atoms with Gasteiger partial charge in [-0.05, 0) is 13.0 Å². The van der Waals surface area contributed by atoms with Crippen molar-refractivity contribution in [3.8, 4) is 5.75 Å². The van der Waals surface area contributed by atoms with Gasteiger partial charge in [-0.3, -0.25) is 10.1 Å². The highest BCUT2D eigenvalue weighted by molar-refractivity contribution is 5.85. The van der Waals surface area contributed by atoms with Crippen LogP contribution >= 0.6 is 12.4 Å². The van der Waals surface area contributed by atoms with Gasteiger partial charge in [-0.2, -0.15) is 0 Å². The second kappa shape index (κ2) is 4.90. The average molecular weight is 237 g/mol. The van der Waals surface area contributed by atoms with Crippen molar-refractivity contribution in [2.24, 2.45) is 5.73 Å². The van der Waals surface area contributed by atoms with Gasteiger partial charge in [0.25, 0.3) is 0 Å². The summed E-state index contributed by atoms with van der Waals surface area (Å²) < 4.78 is 12.9. The van der Waals surface area contributed by atoms with Crippen LogP contribution in [0, 0.1) is 15.9 Å². The molecule has 5 nitrogen and oxygen atoms in total. The second-order valence-corrected chi connectivity index (χ2v) is 2.91. The third-order valence-electron chi connectivity index (χ3n) is 1.77. The first-order valence-electron chi connectivity index (χ1n) is 3.86. The summed E-state index contributed by atoms with van der Waals surface area (Å²) in [5.74, 6) is -1.37. The first-order chi connectivity index (χ1) is 6.43. The van der Waals surface area contributed by atoms with E-state index in [1.54, 1.807) is 0 Å². The van der Waals surface area contributed by atoms with Crippen LogP contribution < -0.4 is 5.73 Å². The highest BCUT2D eigenvalue weighted by Crippen LogP contribution is 2.33. The Morgan fingerprint density at radius 1 is 1.60 bits per heavy atom. The molecule has 1 rings (SSSR count). The maximum Gasteiger partial charge on any atom is 0.313 e. The van der Waals surface area contributed by atoms with Gasteiger partial charge in [-0.25, -0.2) is 4.39 Å². The third-order valence-corrected chi connectivity index (χ3v) is 1.77. The summed E-state index contributed by atoms with van der Waals surface area (Å²) in [6, 6.07) is 0.971. The van der Waals surface area contributed by atoms with Crippen molar-refractivity contribution in [3.63, 3.8) is 0 Å². The maximum absolute atomic E-state index is 12.9. The minimum Gasteiger partial charge on any atom is -0.502 e. The van der Waals surface area contributed by atoms with Gasteiger partial charge in [0.15, 0.2) is 5.75 Å². The Morgan fingerprint density at radius 3 is 2.53 bits per heavy atom. The number of nitrogens with two attached hydrogens (primary N) is 1. The highest BCUT2D eigenvalue weighted by Gasteiger charge is 2.20. The van der Waals surface area contributed by atoms with E-state index >= 15 is 0 Å². The van der Waals surface area contributed by atoms with Crippen molar-refractivity contribution in [1.82, 2.24) is 0 Å². The van der Waals surface area contributed by atoms with Gasteiger partial charge in [-0.15, -0.1) is 12.4 Å². The molecule has 0 spiro atoms. The Balaban J connectivity index is 0.00000196. The first-order valence-corrected chi connectivity index (χ1v) is 3.86. The maximum atomic E-state index is 12.9. The van der Waals surface area contributed by atoms with Gasteiger partial charge in [0.05, 0.1) is 11.0 Å². The van der Waals surface area contributed by atoms with Crippen LogP contribution in [0.25, 0.3) is 0 Å². The fourth-order valence-electron chi connectivity index (χ4n) is 1.09. The number of nitrogens with zero attached hydrogens (tertiary/aromatic N) is 1. The zero-order chi connectivity index (χ0) is 10.9. The van der Waals surface area contributed by atoms with Crippen LogP contribution in [0.4, 0.5) is 10.1 Å². The molecular weight excluding hydrogens is 227 g/mol. The van der Waals surface area contributed by atoms with Gasteiger partial charge >= 0.3 is 5.69 Å². The van der Waals surface area contributed by atoms with Crippen molar-refractivity contribution < 1.29 is 14.4 Å². The summed E-state index contributed by atoms with van der Waals surface area (Å²) in [6.07, 6.45) is 0. The van der Waals surface area contributed by atoms with E-state index in [2.05, 4.69) is 0 Å². The summed E-state index contributed by atoms with van der Waals surface area (Å²) in [5, 5.41) is 19.8. The lowest BCUT2D eigenvalue weighted by Gasteiger charge is -2.08. The lowest BCUT2D eigenvalue weighted by Crippen LogP contribution is -2.06. The van der Waals surface area contributed by atoms with Crippen LogP contribution in [0.1, 0.15) is 18.5 Å². The SMILES string of the molecule is C[C@H](N)c1cc(F)cc([N+](=O)[O-])c1O.Cl. The molecule has 0 radical (unpaired) electrons. The van der Waals surface area contributed by atoms with Crippen molar-refractivity contribution in [3.05, 3.63) is 33.6 Å². The number of phenolic OH excluding ortho intramolecular Hbond substituents is 1. The summed E-state index contributed by atoms with van der Waals surface area (Å²) in [6.45, 7) is 1.50. The van der Waals surface area contributed by atoms with Crippen LogP contribution in [-0.4, -0.2) is 10.0 Å². The normalized spacial score (nSPS) is 11.7. The van der Waals surface area contributed by atoms with E-state index in [1.807, 2.05) is 0 Å². The van der Waals surface area contributed by atoms with Gasteiger partial charge in [-0.1, -0.05) is 0 Å². The number of hydrogen-bond acceptors (Lipinski definition) is 4. The number of benzene rings is 1. The predicted octanol–water partition coefficient (Wildman–Crippen LogP) is 1.88. The van der Waals surface area contributed by atoms with Crippen molar-refractivity contribution in [2.45, 2.75) is 13.0 Å². The smallest absolute Gasteiger partial charge is 0.313 e. The molecule has 0 fully saturated rings. The van der Waals surface area contributed by atoms with E-state index in [1.165, 1.54) is 6.92 Å². The average Bonchev–Trinajstić information content (AvgIpc) is 2.07. The molecule has 0 unspecified atom stereocenters. The van der Waals surface area contributed by atoms with E-state index in [9.17, 15) is 19.6 Å². The van der Waals surface area contributed by atoms with Gasteiger partial charge in [0.1, 0.15) is 5.82 Å². The topological polar surface area (TPSA) is 89.4 Å². The zero-order valence-electron chi connectivity index (χ0n) is 7.81.